The predicted molar refractivity (Wildman–Crippen MR) is 105 cm³/mol. The van der Waals surface area contributed by atoms with E-state index in [2.05, 4.69) is 15.4 Å². The molecule has 0 spiro atoms. The van der Waals surface area contributed by atoms with Crippen LogP contribution in [-0.2, 0) is 19.9 Å². The van der Waals surface area contributed by atoms with Gasteiger partial charge in [-0.3, -0.25) is 14.5 Å². The molecule has 1 saturated heterocycles. The fraction of sp³-hybridized carbons (Fsp3) is 0.200. The molecule has 1 aliphatic heterocycles. The largest absolute Gasteiger partial charge is 0.465 e. The van der Waals surface area contributed by atoms with Gasteiger partial charge in [0, 0.05) is 16.3 Å². The van der Waals surface area contributed by atoms with Crippen LogP contribution < -0.4 is 10.6 Å². The Morgan fingerprint density at radius 2 is 1.79 bits per heavy atom. The van der Waals surface area contributed by atoms with Crippen LogP contribution in [0.5, 0.6) is 0 Å². The van der Waals surface area contributed by atoms with E-state index in [1.54, 1.807) is 24.3 Å². The number of hydrogen-bond acceptors (Lipinski definition) is 5. The topological polar surface area (TPSA) is 105 Å². The van der Waals surface area contributed by atoms with E-state index in [9.17, 15) is 19.2 Å². The average molecular weight is 416 g/mol. The molecule has 4 amide bonds. The molecular formula is C20H18ClN3O5. The predicted octanol–water partition coefficient (Wildman–Crippen LogP) is 2.53. The van der Waals surface area contributed by atoms with Gasteiger partial charge in [0.1, 0.15) is 12.1 Å². The molecule has 2 aromatic rings. The number of rotatable bonds is 5. The summed E-state index contributed by atoms with van der Waals surface area (Å²) in [5.41, 5.74) is -0.183. The van der Waals surface area contributed by atoms with Gasteiger partial charge in [0.25, 0.3) is 5.91 Å². The average Bonchev–Trinajstić information content (AvgIpc) is 2.92. The first-order valence-corrected chi connectivity index (χ1v) is 9.01. The molecule has 2 N–H and O–H groups in total. The lowest BCUT2D eigenvalue weighted by atomic mass is 9.92. The standard InChI is InChI=1S/C20H18ClN3O5/c1-20(14-5-3-4-6-15(14)21)18(27)24(19(28)23-20)11-16(25)22-13-9-7-12(8-10-13)17(26)29-2/h3-10H,11H2,1-2H3,(H,22,25)(H,23,28)/t20-/m1/s1. The van der Waals surface area contributed by atoms with E-state index in [4.69, 9.17) is 11.6 Å². The van der Waals surface area contributed by atoms with Crippen LogP contribution in [0, 0.1) is 0 Å². The van der Waals surface area contributed by atoms with Gasteiger partial charge in [-0.15, -0.1) is 0 Å². The highest BCUT2D eigenvalue weighted by Crippen LogP contribution is 2.33. The van der Waals surface area contributed by atoms with E-state index in [1.165, 1.54) is 38.3 Å². The highest BCUT2D eigenvalue weighted by Gasteiger charge is 2.50. The molecule has 1 atom stereocenters. The summed E-state index contributed by atoms with van der Waals surface area (Å²) in [5, 5.41) is 5.52. The van der Waals surface area contributed by atoms with Crippen LogP contribution in [0.2, 0.25) is 5.02 Å². The lowest BCUT2D eigenvalue weighted by Gasteiger charge is -2.23. The van der Waals surface area contributed by atoms with E-state index >= 15 is 0 Å². The van der Waals surface area contributed by atoms with Gasteiger partial charge in [-0.2, -0.15) is 0 Å². The Labute approximate surface area is 171 Å². The van der Waals surface area contributed by atoms with Gasteiger partial charge in [0.2, 0.25) is 5.91 Å². The van der Waals surface area contributed by atoms with Crippen LogP contribution >= 0.6 is 11.6 Å². The summed E-state index contributed by atoms with van der Waals surface area (Å²) in [6.07, 6.45) is 0. The first kappa shape index (κ1) is 20.3. The molecule has 1 heterocycles. The Hall–Kier alpha value is -3.39. The van der Waals surface area contributed by atoms with E-state index in [-0.39, 0.29) is 0 Å². The number of ether oxygens (including phenoxy) is 1. The van der Waals surface area contributed by atoms with Crippen LogP contribution in [0.15, 0.2) is 48.5 Å². The van der Waals surface area contributed by atoms with Crippen molar-refractivity contribution in [1.82, 2.24) is 10.2 Å². The second-order valence-corrected chi connectivity index (χ2v) is 6.95. The van der Waals surface area contributed by atoms with Crippen molar-refractivity contribution in [3.8, 4) is 0 Å². The van der Waals surface area contributed by atoms with Crippen LogP contribution in [0.3, 0.4) is 0 Å². The maximum absolute atomic E-state index is 12.9. The molecule has 0 aliphatic carbocycles. The smallest absolute Gasteiger partial charge is 0.337 e. The maximum Gasteiger partial charge on any atom is 0.337 e. The van der Waals surface area contributed by atoms with Crippen LogP contribution in [0.4, 0.5) is 10.5 Å². The van der Waals surface area contributed by atoms with Crippen molar-refractivity contribution >= 4 is 41.1 Å². The molecule has 0 radical (unpaired) electrons. The molecule has 0 unspecified atom stereocenters. The van der Waals surface area contributed by atoms with Gasteiger partial charge in [0.15, 0.2) is 0 Å². The number of benzene rings is 2. The SMILES string of the molecule is COC(=O)c1ccc(NC(=O)CN2C(=O)N[C@](C)(c3ccccc3Cl)C2=O)cc1. The van der Waals surface area contributed by atoms with Crippen molar-refractivity contribution in [1.29, 1.82) is 0 Å². The van der Waals surface area contributed by atoms with Crippen molar-refractivity contribution in [2.75, 3.05) is 19.0 Å². The van der Waals surface area contributed by atoms with Gasteiger partial charge in [0.05, 0.1) is 12.7 Å². The Morgan fingerprint density at radius 3 is 2.41 bits per heavy atom. The number of methoxy groups -OCH3 is 1. The first-order chi connectivity index (χ1) is 13.8. The minimum atomic E-state index is -1.36. The Balaban J connectivity index is 1.71. The normalized spacial score (nSPS) is 18.4. The van der Waals surface area contributed by atoms with Gasteiger partial charge >= 0.3 is 12.0 Å². The number of halogens is 1. The minimum Gasteiger partial charge on any atom is -0.465 e. The number of amides is 4. The molecule has 1 fully saturated rings. The van der Waals surface area contributed by atoms with Gasteiger partial charge in [-0.25, -0.2) is 9.59 Å². The number of anilines is 1. The van der Waals surface area contributed by atoms with E-state index in [0.29, 0.717) is 21.8 Å². The number of hydrogen-bond donors (Lipinski definition) is 2. The van der Waals surface area contributed by atoms with Crippen molar-refractivity contribution in [2.45, 2.75) is 12.5 Å². The van der Waals surface area contributed by atoms with Gasteiger partial charge < -0.3 is 15.4 Å². The van der Waals surface area contributed by atoms with Crippen molar-refractivity contribution in [3.63, 3.8) is 0 Å². The van der Waals surface area contributed by atoms with Crippen LogP contribution in [0.25, 0.3) is 0 Å². The summed E-state index contributed by atoms with van der Waals surface area (Å²) in [4.78, 5) is 49.9. The molecule has 3 rings (SSSR count). The third kappa shape index (κ3) is 3.93. The van der Waals surface area contributed by atoms with E-state index < -0.39 is 35.9 Å². The molecular weight excluding hydrogens is 398 g/mol. The quantitative estimate of drug-likeness (QED) is 0.576. The Morgan fingerprint density at radius 1 is 1.14 bits per heavy atom. The minimum absolute atomic E-state index is 0.329. The number of urea groups is 1. The van der Waals surface area contributed by atoms with E-state index in [0.717, 1.165) is 4.90 Å². The molecule has 1 aliphatic rings. The van der Waals surface area contributed by atoms with Crippen molar-refractivity contribution < 1.29 is 23.9 Å². The number of esters is 1. The zero-order chi connectivity index (χ0) is 21.2. The van der Waals surface area contributed by atoms with Crippen molar-refractivity contribution in [2.24, 2.45) is 0 Å². The Bertz CT molecular complexity index is 992. The number of nitrogens with zero attached hydrogens (tertiary/aromatic N) is 1. The summed E-state index contributed by atoms with van der Waals surface area (Å²) < 4.78 is 4.61. The Kier molecular flexibility index (Phi) is 5.56. The second kappa shape index (κ2) is 7.92. The lowest BCUT2D eigenvalue weighted by molar-refractivity contribution is -0.133. The summed E-state index contributed by atoms with van der Waals surface area (Å²) in [5.74, 6) is -1.64. The number of carbonyl (C=O) groups is 4. The molecule has 0 saturated carbocycles. The number of carbonyl (C=O) groups excluding carboxylic acids is 4. The molecule has 9 heteroatoms. The van der Waals surface area contributed by atoms with E-state index in [1.807, 2.05) is 0 Å². The third-order valence-electron chi connectivity index (χ3n) is 4.58. The molecule has 2 aromatic carbocycles. The monoisotopic (exact) mass is 415 g/mol. The molecule has 29 heavy (non-hydrogen) atoms. The van der Waals surface area contributed by atoms with Crippen LogP contribution in [0.1, 0.15) is 22.8 Å². The summed E-state index contributed by atoms with van der Waals surface area (Å²) >= 11 is 6.18. The summed E-state index contributed by atoms with van der Waals surface area (Å²) in [6.45, 7) is 1.07. The van der Waals surface area contributed by atoms with Gasteiger partial charge in [-0.05, 0) is 37.3 Å². The molecule has 0 bridgehead atoms. The molecule has 8 nitrogen and oxygen atoms in total. The zero-order valence-electron chi connectivity index (χ0n) is 15.7. The van der Waals surface area contributed by atoms with Crippen LogP contribution in [-0.4, -0.2) is 42.4 Å². The van der Waals surface area contributed by atoms with Crippen molar-refractivity contribution in [3.05, 3.63) is 64.7 Å². The second-order valence-electron chi connectivity index (χ2n) is 6.54. The first-order valence-electron chi connectivity index (χ1n) is 8.63. The molecule has 150 valence electrons. The van der Waals surface area contributed by atoms with Gasteiger partial charge in [-0.1, -0.05) is 29.8 Å². The zero-order valence-corrected chi connectivity index (χ0v) is 16.4. The summed E-state index contributed by atoms with van der Waals surface area (Å²) in [6, 6.07) is 12.0. The number of nitrogens with one attached hydrogen (secondary N) is 2. The highest BCUT2D eigenvalue weighted by molar-refractivity contribution is 6.32. The fourth-order valence-corrected chi connectivity index (χ4v) is 3.37. The molecule has 0 aromatic heterocycles. The maximum atomic E-state index is 12.9. The fourth-order valence-electron chi connectivity index (χ4n) is 3.04. The third-order valence-corrected chi connectivity index (χ3v) is 4.91. The lowest BCUT2D eigenvalue weighted by Crippen LogP contribution is -2.42. The highest BCUT2D eigenvalue weighted by atomic mass is 35.5. The summed E-state index contributed by atoms with van der Waals surface area (Å²) in [7, 11) is 1.27. The number of imide groups is 1.